The Kier molecular flexibility index (Phi) is 6.40. The van der Waals surface area contributed by atoms with Crippen molar-refractivity contribution < 1.29 is 14.0 Å². The molecule has 3 nitrogen and oxygen atoms in total. The van der Waals surface area contributed by atoms with E-state index < -0.39 is 12.7 Å². The van der Waals surface area contributed by atoms with Crippen LogP contribution >= 0.6 is 7.14 Å². The Bertz CT molecular complexity index is 624. The largest absolute Gasteiger partial charge is 0.359 e. The van der Waals surface area contributed by atoms with E-state index in [1.54, 1.807) is 7.11 Å². The maximum Gasteiger partial charge on any atom is 0.147 e. The highest BCUT2D eigenvalue weighted by molar-refractivity contribution is 7.78. The van der Waals surface area contributed by atoms with Gasteiger partial charge in [-0.15, -0.1) is 0 Å². The van der Waals surface area contributed by atoms with Crippen LogP contribution in [0.1, 0.15) is 20.8 Å². The van der Waals surface area contributed by atoms with Crippen molar-refractivity contribution in [1.82, 2.24) is 0 Å². The molecule has 0 unspecified atom stereocenters. The fraction of sp³-hybridized carbons (Fsp3) is 0.400. The van der Waals surface area contributed by atoms with Crippen LogP contribution in [0.2, 0.25) is 0 Å². The highest BCUT2D eigenvalue weighted by atomic mass is 31.2. The lowest BCUT2D eigenvalue weighted by Crippen LogP contribution is -2.37. The standard InChI is InChI=1S/C20H27O3P/c1-17(20(2,3)23-16-22-4)15-24(21,18-11-7-5-8-12-18)19-13-9-6-10-14-19/h5-14,17H,15-16H2,1-4H3/t17-/m1/s1. The van der Waals surface area contributed by atoms with Crippen LogP contribution in [0, 0.1) is 5.92 Å². The van der Waals surface area contributed by atoms with Crippen LogP contribution in [-0.4, -0.2) is 25.7 Å². The molecule has 0 aromatic heterocycles. The summed E-state index contributed by atoms with van der Waals surface area (Å²) in [6, 6.07) is 19.5. The molecule has 2 aromatic rings. The minimum absolute atomic E-state index is 0.0962. The minimum atomic E-state index is -2.73. The first kappa shape index (κ1) is 18.9. The zero-order chi connectivity index (χ0) is 17.6. The molecule has 0 aliphatic heterocycles. The lowest BCUT2D eigenvalue weighted by atomic mass is 9.94. The third kappa shape index (κ3) is 4.36. The molecule has 0 saturated carbocycles. The quantitative estimate of drug-likeness (QED) is 0.535. The SMILES string of the molecule is COCOC(C)(C)[C@H](C)CP(=O)(c1ccccc1)c1ccccc1. The molecule has 4 heteroatoms. The molecule has 24 heavy (non-hydrogen) atoms. The third-order valence-corrected chi connectivity index (χ3v) is 7.94. The van der Waals surface area contributed by atoms with E-state index >= 15 is 0 Å². The van der Waals surface area contributed by atoms with Gasteiger partial charge >= 0.3 is 0 Å². The van der Waals surface area contributed by atoms with Gasteiger partial charge in [0.2, 0.25) is 0 Å². The Morgan fingerprint density at radius 2 is 1.42 bits per heavy atom. The fourth-order valence-electron chi connectivity index (χ4n) is 2.66. The van der Waals surface area contributed by atoms with Crippen molar-refractivity contribution in [2.75, 3.05) is 20.1 Å². The van der Waals surface area contributed by atoms with E-state index in [4.69, 9.17) is 9.47 Å². The monoisotopic (exact) mass is 346 g/mol. The Morgan fingerprint density at radius 3 is 1.83 bits per heavy atom. The summed E-state index contributed by atoms with van der Waals surface area (Å²) in [7, 11) is -1.12. The molecule has 0 fully saturated rings. The second kappa shape index (κ2) is 8.11. The van der Waals surface area contributed by atoms with Crippen molar-refractivity contribution in [3.05, 3.63) is 60.7 Å². The maximum atomic E-state index is 14.1. The fourth-order valence-corrected chi connectivity index (χ4v) is 5.89. The minimum Gasteiger partial charge on any atom is -0.359 e. The van der Waals surface area contributed by atoms with Gasteiger partial charge < -0.3 is 14.0 Å². The Labute approximate surface area is 145 Å². The van der Waals surface area contributed by atoms with E-state index in [0.29, 0.717) is 6.16 Å². The molecule has 2 rings (SSSR count). The number of hydrogen-bond acceptors (Lipinski definition) is 3. The van der Waals surface area contributed by atoms with Gasteiger partial charge in [0.1, 0.15) is 13.9 Å². The van der Waals surface area contributed by atoms with Gasteiger partial charge in [-0.3, -0.25) is 0 Å². The van der Waals surface area contributed by atoms with Gasteiger partial charge in [0, 0.05) is 23.9 Å². The van der Waals surface area contributed by atoms with Crippen LogP contribution in [0.5, 0.6) is 0 Å². The smallest absolute Gasteiger partial charge is 0.147 e. The Morgan fingerprint density at radius 1 is 0.958 bits per heavy atom. The first-order valence-corrected chi connectivity index (χ1v) is 10.1. The second-order valence-corrected chi connectivity index (χ2v) is 9.53. The predicted molar refractivity (Wildman–Crippen MR) is 101 cm³/mol. The molecule has 0 spiro atoms. The average molecular weight is 346 g/mol. The maximum absolute atomic E-state index is 14.1. The molecular formula is C20H27O3P. The van der Waals surface area contributed by atoms with E-state index in [1.165, 1.54) is 0 Å². The van der Waals surface area contributed by atoms with E-state index in [9.17, 15) is 4.57 Å². The highest BCUT2D eigenvalue weighted by Crippen LogP contribution is 2.47. The van der Waals surface area contributed by atoms with Gasteiger partial charge in [-0.1, -0.05) is 67.6 Å². The molecule has 0 aliphatic carbocycles. The summed E-state index contributed by atoms with van der Waals surface area (Å²) < 4.78 is 24.9. The molecule has 0 heterocycles. The van der Waals surface area contributed by atoms with E-state index in [0.717, 1.165) is 10.6 Å². The van der Waals surface area contributed by atoms with Gasteiger partial charge in [-0.2, -0.15) is 0 Å². The van der Waals surface area contributed by atoms with Crippen LogP contribution in [0.4, 0.5) is 0 Å². The van der Waals surface area contributed by atoms with Crippen LogP contribution in [0.3, 0.4) is 0 Å². The summed E-state index contributed by atoms with van der Waals surface area (Å²) in [5.41, 5.74) is -0.421. The Hall–Kier alpha value is -1.41. The lowest BCUT2D eigenvalue weighted by molar-refractivity contribution is -0.132. The van der Waals surface area contributed by atoms with Gasteiger partial charge in [0.15, 0.2) is 0 Å². The molecule has 0 bridgehead atoms. The van der Waals surface area contributed by atoms with E-state index in [-0.39, 0.29) is 12.7 Å². The molecular weight excluding hydrogens is 319 g/mol. The molecule has 130 valence electrons. The van der Waals surface area contributed by atoms with Gasteiger partial charge in [-0.25, -0.2) is 0 Å². The molecule has 2 aromatic carbocycles. The van der Waals surface area contributed by atoms with Crippen LogP contribution < -0.4 is 10.6 Å². The molecule has 0 aliphatic rings. The highest BCUT2D eigenvalue weighted by Gasteiger charge is 2.36. The van der Waals surface area contributed by atoms with E-state index in [2.05, 4.69) is 6.92 Å². The summed E-state index contributed by atoms with van der Waals surface area (Å²) in [5.74, 6) is 0.0962. The predicted octanol–water partition coefficient (Wildman–Crippen LogP) is 4.04. The zero-order valence-corrected chi connectivity index (χ0v) is 15.8. The van der Waals surface area contributed by atoms with Crippen molar-refractivity contribution in [3.63, 3.8) is 0 Å². The second-order valence-electron chi connectivity index (χ2n) is 6.65. The molecule has 0 N–H and O–H groups in total. The van der Waals surface area contributed by atoms with Crippen LogP contribution in [-0.2, 0) is 14.0 Å². The number of benzene rings is 2. The van der Waals surface area contributed by atoms with Crippen LogP contribution in [0.15, 0.2) is 60.7 Å². The summed E-state index contributed by atoms with van der Waals surface area (Å²) in [6.45, 7) is 6.38. The van der Waals surface area contributed by atoms with Gasteiger partial charge in [0.05, 0.1) is 5.60 Å². The normalized spacial score (nSPS) is 13.7. The summed E-state index contributed by atoms with van der Waals surface area (Å²) in [4.78, 5) is 0. The van der Waals surface area contributed by atoms with Gasteiger partial charge in [0.25, 0.3) is 0 Å². The number of ether oxygens (including phenoxy) is 2. The molecule has 0 amide bonds. The van der Waals surface area contributed by atoms with Crippen molar-refractivity contribution in [1.29, 1.82) is 0 Å². The number of rotatable bonds is 8. The lowest BCUT2D eigenvalue weighted by Gasteiger charge is -2.34. The first-order valence-electron chi connectivity index (χ1n) is 8.23. The molecule has 0 radical (unpaired) electrons. The van der Waals surface area contributed by atoms with Crippen molar-refractivity contribution in [2.45, 2.75) is 26.4 Å². The first-order chi connectivity index (χ1) is 11.4. The van der Waals surface area contributed by atoms with Crippen LogP contribution in [0.25, 0.3) is 0 Å². The zero-order valence-electron chi connectivity index (χ0n) is 14.9. The van der Waals surface area contributed by atoms with Gasteiger partial charge in [-0.05, 0) is 19.8 Å². The molecule has 0 saturated heterocycles. The number of methoxy groups -OCH3 is 1. The average Bonchev–Trinajstić information content (AvgIpc) is 2.61. The Balaban J connectivity index is 2.37. The topological polar surface area (TPSA) is 35.5 Å². The van der Waals surface area contributed by atoms with E-state index in [1.807, 2.05) is 74.5 Å². The summed E-state index contributed by atoms with van der Waals surface area (Å²) in [6.07, 6.45) is 0.553. The third-order valence-electron chi connectivity index (χ3n) is 4.61. The summed E-state index contributed by atoms with van der Waals surface area (Å²) >= 11 is 0. The summed E-state index contributed by atoms with van der Waals surface area (Å²) in [5, 5.41) is 1.79. The van der Waals surface area contributed by atoms with Crippen molar-refractivity contribution >= 4 is 17.8 Å². The van der Waals surface area contributed by atoms with Crippen molar-refractivity contribution in [3.8, 4) is 0 Å². The number of hydrogen-bond donors (Lipinski definition) is 0. The van der Waals surface area contributed by atoms with Crippen molar-refractivity contribution in [2.24, 2.45) is 5.92 Å². The molecule has 1 atom stereocenters.